The summed E-state index contributed by atoms with van der Waals surface area (Å²) in [6.45, 7) is 2.54. The van der Waals surface area contributed by atoms with Gasteiger partial charge in [-0.25, -0.2) is 0 Å². The van der Waals surface area contributed by atoms with Gasteiger partial charge in [0.1, 0.15) is 11.8 Å². The number of carbonyl (C=O) groups is 2. The third kappa shape index (κ3) is 5.23. The molecule has 2 amide bonds. The summed E-state index contributed by atoms with van der Waals surface area (Å²) in [6, 6.07) is 7.07. The molecule has 2 N–H and O–H groups in total. The Morgan fingerprint density at radius 3 is 2.65 bits per heavy atom. The molecule has 1 aromatic heterocycles. The third-order valence-corrected chi connectivity index (χ3v) is 5.17. The Kier molecular flexibility index (Phi) is 6.07. The van der Waals surface area contributed by atoms with E-state index in [0.717, 1.165) is 4.90 Å². The molecular weight excluding hydrogens is 417 g/mol. The van der Waals surface area contributed by atoms with Gasteiger partial charge in [0.25, 0.3) is 0 Å². The number of carbonyl (C=O) groups excluding carboxylic acids is 2. The fourth-order valence-corrected chi connectivity index (χ4v) is 3.73. The molecule has 8 nitrogen and oxygen atoms in total. The molecule has 1 aromatic carbocycles. The first-order chi connectivity index (χ1) is 14.5. The molecule has 3 rings (SSSR count). The second kappa shape index (κ2) is 8.42. The van der Waals surface area contributed by atoms with E-state index in [-0.39, 0.29) is 30.9 Å². The van der Waals surface area contributed by atoms with Crippen molar-refractivity contribution < 1.29 is 32.6 Å². The van der Waals surface area contributed by atoms with E-state index in [0.29, 0.717) is 17.7 Å². The van der Waals surface area contributed by atoms with Crippen molar-refractivity contribution in [2.24, 2.45) is 5.73 Å². The zero-order chi connectivity index (χ0) is 22.8. The summed E-state index contributed by atoms with van der Waals surface area (Å²) in [5.41, 5.74) is 5.34. The average Bonchev–Trinajstić information content (AvgIpc) is 2.67. The predicted octanol–water partition coefficient (Wildman–Crippen LogP) is 1.46. The van der Waals surface area contributed by atoms with Crippen molar-refractivity contribution in [3.05, 3.63) is 59.4 Å². The van der Waals surface area contributed by atoms with Crippen molar-refractivity contribution in [2.75, 3.05) is 19.6 Å². The van der Waals surface area contributed by atoms with Crippen LogP contribution in [0.1, 0.15) is 28.4 Å². The number of ether oxygens (including phenoxy) is 1. The Morgan fingerprint density at radius 2 is 2.00 bits per heavy atom. The summed E-state index contributed by atoms with van der Waals surface area (Å²) in [5, 5.41) is 11.8. The minimum atomic E-state index is -4.80. The quantitative estimate of drug-likeness (QED) is 0.758. The number of carboxylic acid groups (broad SMARTS) is 1. The fourth-order valence-electron chi connectivity index (χ4n) is 3.73. The standard InChI is InChI=1S/C20H21F3N4O4/c1-19(15-8-14(17(24)28)9-25-10-15)12-26(5-6-27(19)18(29)30)11-13-3-2-4-16(7-13)31-20(21,22)23/h2-4,7-10H,5-6,11-12H2,1H3,(H2,24,28)(H,29,30)/p-1/t19-/m0/s1. The van der Waals surface area contributed by atoms with Gasteiger partial charge < -0.3 is 25.3 Å². The number of halogens is 3. The molecule has 1 aliphatic rings. The lowest BCUT2D eigenvalue weighted by atomic mass is 9.87. The fraction of sp³-hybridized carbons (Fsp3) is 0.350. The maximum absolute atomic E-state index is 12.5. The van der Waals surface area contributed by atoms with Gasteiger partial charge in [0.2, 0.25) is 5.91 Å². The lowest BCUT2D eigenvalue weighted by Gasteiger charge is -2.50. The number of pyridine rings is 1. The average molecular weight is 437 g/mol. The van der Waals surface area contributed by atoms with Crippen LogP contribution in [0.15, 0.2) is 42.7 Å². The van der Waals surface area contributed by atoms with E-state index in [1.165, 1.54) is 36.7 Å². The number of amides is 2. The maximum atomic E-state index is 12.5. The zero-order valence-corrected chi connectivity index (χ0v) is 16.6. The van der Waals surface area contributed by atoms with Crippen molar-refractivity contribution in [3.8, 4) is 5.75 Å². The highest BCUT2D eigenvalue weighted by Crippen LogP contribution is 2.33. The van der Waals surface area contributed by atoms with E-state index in [1.54, 1.807) is 13.0 Å². The molecule has 11 heteroatoms. The van der Waals surface area contributed by atoms with Gasteiger partial charge in [0.05, 0.1) is 11.1 Å². The van der Waals surface area contributed by atoms with Crippen LogP contribution in [0.4, 0.5) is 18.0 Å². The summed E-state index contributed by atoms with van der Waals surface area (Å²) in [5.74, 6) is -1.04. The van der Waals surface area contributed by atoms with E-state index >= 15 is 0 Å². The zero-order valence-electron chi connectivity index (χ0n) is 16.6. The third-order valence-electron chi connectivity index (χ3n) is 5.17. The molecule has 1 atom stereocenters. The number of benzene rings is 1. The lowest BCUT2D eigenvalue weighted by Crippen LogP contribution is -2.63. The van der Waals surface area contributed by atoms with Gasteiger partial charge >= 0.3 is 6.36 Å². The number of rotatable bonds is 5. The summed E-state index contributed by atoms with van der Waals surface area (Å²) < 4.78 is 41.4. The second-order valence-corrected chi connectivity index (χ2v) is 7.42. The molecule has 1 fully saturated rings. The van der Waals surface area contributed by atoms with Crippen LogP contribution in [0.25, 0.3) is 0 Å². The van der Waals surface area contributed by atoms with Gasteiger partial charge in [-0.05, 0) is 36.2 Å². The first kappa shape index (κ1) is 22.3. The Morgan fingerprint density at radius 1 is 1.26 bits per heavy atom. The molecule has 0 aliphatic carbocycles. The van der Waals surface area contributed by atoms with Crippen molar-refractivity contribution in [3.63, 3.8) is 0 Å². The van der Waals surface area contributed by atoms with Crippen LogP contribution < -0.4 is 15.6 Å². The van der Waals surface area contributed by atoms with Gasteiger partial charge in [-0.1, -0.05) is 12.1 Å². The highest BCUT2D eigenvalue weighted by Gasteiger charge is 2.40. The smallest absolute Gasteiger partial charge is 0.530 e. The Labute approximate surface area is 176 Å². The van der Waals surface area contributed by atoms with E-state index in [2.05, 4.69) is 9.72 Å². The molecule has 0 bridgehead atoms. The Balaban J connectivity index is 1.86. The first-order valence-corrected chi connectivity index (χ1v) is 9.29. The maximum Gasteiger partial charge on any atom is 0.573 e. The molecule has 0 spiro atoms. The first-order valence-electron chi connectivity index (χ1n) is 9.29. The minimum Gasteiger partial charge on any atom is -0.530 e. The van der Waals surface area contributed by atoms with Gasteiger partial charge in [-0.15, -0.1) is 13.2 Å². The van der Waals surface area contributed by atoms with Crippen molar-refractivity contribution >= 4 is 12.0 Å². The van der Waals surface area contributed by atoms with Crippen LogP contribution in [0.5, 0.6) is 5.75 Å². The van der Waals surface area contributed by atoms with E-state index in [1.807, 2.05) is 4.90 Å². The van der Waals surface area contributed by atoms with Crippen LogP contribution in [0, 0.1) is 0 Å². The summed E-state index contributed by atoms with van der Waals surface area (Å²) >= 11 is 0. The number of nitrogens with zero attached hydrogens (tertiary/aromatic N) is 3. The second-order valence-electron chi connectivity index (χ2n) is 7.42. The number of hydrogen-bond donors (Lipinski definition) is 1. The van der Waals surface area contributed by atoms with Crippen LogP contribution in [0.3, 0.4) is 0 Å². The van der Waals surface area contributed by atoms with E-state index in [9.17, 15) is 27.9 Å². The molecule has 0 saturated carbocycles. The number of primary amides is 1. The highest BCUT2D eigenvalue weighted by atomic mass is 19.4. The van der Waals surface area contributed by atoms with Gasteiger partial charge in [-0.3, -0.25) is 14.7 Å². The number of nitrogens with two attached hydrogens (primary N) is 1. The van der Waals surface area contributed by atoms with Crippen LogP contribution in [-0.4, -0.2) is 52.8 Å². The summed E-state index contributed by atoms with van der Waals surface area (Å²) in [4.78, 5) is 30.3. The van der Waals surface area contributed by atoms with Crippen molar-refractivity contribution in [1.29, 1.82) is 0 Å². The summed E-state index contributed by atoms with van der Waals surface area (Å²) in [7, 11) is 0. The Bertz CT molecular complexity index is 985. The number of aromatic nitrogens is 1. The molecule has 31 heavy (non-hydrogen) atoms. The van der Waals surface area contributed by atoms with Gasteiger partial charge in [0, 0.05) is 38.6 Å². The Hall–Kier alpha value is -3.34. The van der Waals surface area contributed by atoms with Crippen LogP contribution in [-0.2, 0) is 12.1 Å². The molecule has 2 heterocycles. The molecule has 1 saturated heterocycles. The lowest BCUT2D eigenvalue weighted by molar-refractivity contribution is -0.275. The predicted molar refractivity (Wildman–Crippen MR) is 101 cm³/mol. The molecule has 1 aliphatic heterocycles. The minimum absolute atomic E-state index is 0.0956. The SMILES string of the molecule is C[C@@]1(c2cncc(C(N)=O)c2)CN(Cc2cccc(OC(F)(F)F)c2)CCN1C(=O)[O-]. The van der Waals surface area contributed by atoms with Crippen molar-refractivity contribution in [2.45, 2.75) is 25.4 Å². The van der Waals surface area contributed by atoms with Crippen LogP contribution >= 0.6 is 0 Å². The van der Waals surface area contributed by atoms with E-state index in [4.69, 9.17) is 5.73 Å². The van der Waals surface area contributed by atoms with Gasteiger partial charge in [0.15, 0.2) is 0 Å². The number of hydrogen-bond acceptors (Lipinski definition) is 6. The number of alkyl halides is 3. The normalized spacial score (nSPS) is 19.8. The highest BCUT2D eigenvalue weighted by molar-refractivity contribution is 5.92. The molecule has 2 aromatic rings. The van der Waals surface area contributed by atoms with Gasteiger partial charge in [-0.2, -0.15) is 0 Å². The molecule has 0 unspecified atom stereocenters. The summed E-state index contributed by atoms with van der Waals surface area (Å²) in [6.07, 6.45) is -3.45. The van der Waals surface area contributed by atoms with E-state index < -0.39 is 23.9 Å². The largest absolute Gasteiger partial charge is 0.573 e. The van der Waals surface area contributed by atoms with Crippen molar-refractivity contribution in [1.82, 2.24) is 14.8 Å². The molecule has 0 radical (unpaired) electrons. The monoisotopic (exact) mass is 437 g/mol. The molecule has 166 valence electrons. The number of piperazine rings is 1. The molecular formula is C20H20F3N4O4-. The topological polar surface area (TPSA) is 112 Å². The van der Waals surface area contributed by atoms with Crippen LogP contribution in [0.2, 0.25) is 0 Å².